The van der Waals surface area contributed by atoms with Crippen LogP contribution < -0.4 is 5.32 Å². The average molecular weight is 411 g/mol. The Morgan fingerprint density at radius 3 is 2.60 bits per heavy atom. The summed E-state index contributed by atoms with van der Waals surface area (Å²) in [5.41, 5.74) is 3.34. The number of likely N-dealkylation sites (tertiary alicyclic amines) is 1. The van der Waals surface area contributed by atoms with E-state index in [0.29, 0.717) is 29.2 Å². The van der Waals surface area contributed by atoms with Crippen molar-refractivity contribution in [3.63, 3.8) is 0 Å². The lowest BCUT2D eigenvalue weighted by atomic mass is 9.94. The average Bonchev–Trinajstić information content (AvgIpc) is 3.01. The summed E-state index contributed by atoms with van der Waals surface area (Å²) in [5, 5.41) is 2.90. The molecule has 2 atom stereocenters. The molecular formula is C23H30N4O3. The van der Waals surface area contributed by atoms with Crippen LogP contribution in [0, 0.1) is 26.7 Å². The van der Waals surface area contributed by atoms with E-state index in [9.17, 15) is 14.4 Å². The van der Waals surface area contributed by atoms with Gasteiger partial charge in [-0.25, -0.2) is 4.98 Å². The second kappa shape index (κ2) is 8.92. The van der Waals surface area contributed by atoms with E-state index in [-0.39, 0.29) is 29.4 Å². The lowest BCUT2D eigenvalue weighted by molar-refractivity contribution is -0.121. The standard InChI is InChI=1S/C23H30N4O3/c1-13-8-6-10-19(24-13)26-23(30)18-9-7-11-27(12-18)16(4)22(29)21-14(2)20(17(5)28)15(3)25-21/h6,8,10,16,18,25H,7,9,11-12H2,1-5H3,(H,24,26,30). The number of piperidine rings is 1. The number of rotatable bonds is 6. The van der Waals surface area contributed by atoms with Crippen molar-refractivity contribution in [3.05, 3.63) is 46.4 Å². The van der Waals surface area contributed by atoms with Crippen molar-refractivity contribution in [2.45, 2.75) is 53.5 Å². The van der Waals surface area contributed by atoms with Crippen LogP contribution in [0.25, 0.3) is 0 Å². The van der Waals surface area contributed by atoms with Gasteiger partial charge in [0.25, 0.3) is 0 Å². The van der Waals surface area contributed by atoms with Crippen molar-refractivity contribution in [2.75, 3.05) is 18.4 Å². The van der Waals surface area contributed by atoms with Gasteiger partial charge in [0.1, 0.15) is 5.82 Å². The fourth-order valence-electron chi connectivity index (χ4n) is 4.31. The zero-order valence-electron chi connectivity index (χ0n) is 18.3. The van der Waals surface area contributed by atoms with Gasteiger partial charge in [0, 0.05) is 23.5 Å². The van der Waals surface area contributed by atoms with Crippen LogP contribution in [0.2, 0.25) is 0 Å². The second-order valence-corrected chi connectivity index (χ2v) is 8.21. The number of aromatic nitrogens is 2. The lowest BCUT2D eigenvalue weighted by Crippen LogP contribution is -2.47. The maximum absolute atomic E-state index is 13.2. The van der Waals surface area contributed by atoms with Crippen LogP contribution in [0.1, 0.15) is 64.5 Å². The van der Waals surface area contributed by atoms with Crippen LogP contribution in [0.4, 0.5) is 5.82 Å². The first-order valence-electron chi connectivity index (χ1n) is 10.4. The first-order valence-corrected chi connectivity index (χ1v) is 10.4. The molecule has 0 aliphatic carbocycles. The number of ketones is 2. The number of nitrogens with one attached hydrogen (secondary N) is 2. The Bertz CT molecular complexity index is 979. The van der Waals surface area contributed by atoms with E-state index in [4.69, 9.17) is 0 Å². The minimum absolute atomic E-state index is 0.0487. The third-order valence-corrected chi connectivity index (χ3v) is 5.93. The van der Waals surface area contributed by atoms with Gasteiger partial charge in [-0.3, -0.25) is 19.3 Å². The van der Waals surface area contributed by atoms with E-state index in [1.807, 2.05) is 39.8 Å². The highest BCUT2D eigenvalue weighted by Crippen LogP contribution is 2.24. The van der Waals surface area contributed by atoms with Gasteiger partial charge in [-0.05, 0) is 71.7 Å². The zero-order chi connectivity index (χ0) is 22.0. The number of Topliss-reactive ketones (excluding diaryl/α,β-unsaturated/α-hetero) is 2. The number of carbonyl (C=O) groups is 3. The Morgan fingerprint density at radius 1 is 1.23 bits per heavy atom. The minimum Gasteiger partial charge on any atom is -0.355 e. The molecule has 1 aliphatic heterocycles. The molecule has 0 aromatic carbocycles. The summed E-state index contributed by atoms with van der Waals surface area (Å²) in [4.78, 5) is 47.3. The van der Waals surface area contributed by atoms with Gasteiger partial charge >= 0.3 is 0 Å². The van der Waals surface area contributed by atoms with Crippen LogP contribution in [-0.4, -0.2) is 51.5 Å². The van der Waals surface area contributed by atoms with Crippen LogP contribution in [0.5, 0.6) is 0 Å². The smallest absolute Gasteiger partial charge is 0.229 e. The normalized spacial score (nSPS) is 18.1. The van der Waals surface area contributed by atoms with Crippen LogP contribution in [0.15, 0.2) is 18.2 Å². The maximum atomic E-state index is 13.2. The summed E-state index contributed by atoms with van der Waals surface area (Å²) < 4.78 is 0. The molecule has 30 heavy (non-hydrogen) atoms. The number of aryl methyl sites for hydroxylation is 2. The van der Waals surface area contributed by atoms with Gasteiger partial charge in [-0.2, -0.15) is 0 Å². The van der Waals surface area contributed by atoms with E-state index in [0.717, 1.165) is 30.8 Å². The topological polar surface area (TPSA) is 95.2 Å². The van der Waals surface area contributed by atoms with Crippen LogP contribution in [-0.2, 0) is 4.79 Å². The number of hydrogen-bond acceptors (Lipinski definition) is 5. The molecule has 2 unspecified atom stereocenters. The Labute approximate surface area is 177 Å². The van der Waals surface area contributed by atoms with Gasteiger partial charge in [0.2, 0.25) is 5.91 Å². The molecular weight excluding hydrogens is 380 g/mol. The maximum Gasteiger partial charge on any atom is 0.229 e. The summed E-state index contributed by atoms with van der Waals surface area (Å²) >= 11 is 0. The predicted octanol–water partition coefficient (Wildman–Crippen LogP) is 3.46. The highest BCUT2D eigenvalue weighted by molar-refractivity contribution is 6.05. The molecule has 2 aromatic rings. The number of hydrogen-bond donors (Lipinski definition) is 2. The molecule has 0 spiro atoms. The highest BCUT2D eigenvalue weighted by Gasteiger charge is 2.33. The molecule has 2 aromatic heterocycles. The third kappa shape index (κ3) is 4.51. The fourth-order valence-corrected chi connectivity index (χ4v) is 4.31. The van der Waals surface area contributed by atoms with Crippen LogP contribution >= 0.6 is 0 Å². The van der Waals surface area contributed by atoms with Crippen LogP contribution in [0.3, 0.4) is 0 Å². The van der Waals surface area contributed by atoms with Gasteiger partial charge in [-0.15, -0.1) is 0 Å². The van der Waals surface area contributed by atoms with Crippen molar-refractivity contribution < 1.29 is 14.4 Å². The van der Waals surface area contributed by atoms with E-state index >= 15 is 0 Å². The minimum atomic E-state index is -0.380. The summed E-state index contributed by atoms with van der Waals surface area (Å²) in [5.74, 6) is 0.186. The molecule has 7 heteroatoms. The summed E-state index contributed by atoms with van der Waals surface area (Å²) in [6.07, 6.45) is 1.63. The number of carbonyl (C=O) groups excluding carboxylic acids is 3. The van der Waals surface area contributed by atoms with Gasteiger partial charge in [0.15, 0.2) is 11.6 Å². The van der Waals surface area contributed by atoms with E-state index in [2.05, 4.69) is 20.2 Å². The van der Waals surface area contributed by atoms with Crippen molar-refractivity contribution in [1.82, 2.24) is 14.9 Å². The molecule has 0 radical (unpaired) electrons. The molecule has 0 bridgehead atoms. The van der Waals surface area contributed by atoms with Gasteiger partial charge in [0.05, 0.1) is 17.7 Å². The van der Waals surface area contributed by atoms with Crippen molar-refractivity contribution in [1.29, 1.82) is 0 Å². The quantitative estimate of drug-likeness (QED) is 0.711. The molecule has 2 N–H and O–H groups in total. The predicted molar refractivity (Wildman–Crippen MR) is 116 cm³/mol. The van der Waals surface area contributed by atoms with Crippen molar-refractivity contribution in [3.8, 4) is 0 Å². The summed E-state index contributed by atoms with van der Waals surface area (Å²) in [6.45, 7) is 10.2. The first-order chi connectivity index (χ1) is 14.2. The lowest BCUT2D eigenvalue weighted by Gasteiger charge is -2.35. The molecule has 1 amide bonds. The molecule has 1 fully saturated rings. The number of anilines is 1. The van der Waals surface area contributed by atoms with Crippen molar-refractivity contribution in [2.24, 2.45) is 5.92 Å². The van der Waals surface area contributed by atoms with E-state index in [1.54, 1.807) is 6.07 Å². The van der Waals surface area contributed by atoms with Crippen molar-refractivity contribution >= 4 is 23.3 Å². The number of aromatic amines is 1. The Balaban J connectivity index is 1.70. The van der Waals surface area contributed by atoms with E-state index in [1.165, 1.54) is 6.92 Å². The molecule has 1 saturated heterocycles. The molecule has 1 aliphatic rings. The molecule has 7 nitrogen and oxygen atoms in total. The monoisotopic (exact) mass is 410 g/mol. The van der Waals surface area contributed by atoms with Gasteiger partial charge in [-0.1, -0.05) is 6.07 Å². The first kappa shape index (κ1) is 21.9. The Kier molecular flexibility index (Phi) is 6.51. The summed E-state index contributed by atoms with van der Waals surface area (Å²) in [6, 6.07) is 5.14. The zero-order valence-corrected chi connectivity index (χ0v) is 18.3. The second-order valence-electron chi connectivity index (χ2n) is 8.21. The largest absolute Gasteiger partial charge is 0.355 e. The number of amides is 1. The molecule has 0 saturated carbocycles. The number of H-pyrrole nitrogens is 1. The molecule has 160 valence electrons. The molecule has 3 rings (SSSR count). The fraction of sp³-hybridized carbons (Fsp3) is 0.478. The number of pyridine rings is 1. The van der Waals surface area contributed by atoms with E-state index < -0.39 is 0 Å². The Morgan fingerprint density at radius 2 is 1.97 bits per heavy atom. The third-order valence-electron chi connectivity index (χ3n) is 5.93. The summed E-state index contributed by atoms with van der Waals surface area (Å²) in [7, 11) is 0. The van der Waals surface area contributed by atoms with Gasteiger partial charge < -0.3 is 10.3 Å². The Hall–Kier alpha value is -2.80. The molecule has 3 heterocycles. The highest BCUT2D eigenvalue weighted by atomic mass is 16.2. The number of nitrogens with zero attached hydrogens (tertiary/aromatic N) is 2. The SMILES string of the molecule is CC(=O)c1c(C)[nH]c(C(=O)C(C)N2CCCC(C(=O)Nc3cccc(C)n3)C2)c1C.